The van der Waals surface area contributed by atoms with Crippen LogP contribution >= 0.6 is 23.2 Å². The van der Waals surface area contributed by atoms with Crippen LogP contribution in [0.15, 0.2) is 18.2 Å². The van der Waals surface area contributed by atoms with Crippen LogP contribution in [0.2, 0.25) is 10.0 Å². The quantitative estimate of drug-likeness (QED) is 0.821. The molecule has 0 aromatic heterocycles. The van der Waals surface area contributed by atoms with E-state index in [1.807, 2.05) is 4.90 Å². The highest BCUT2D eigenvalue weighted by Crippen LogP contribution is 2.31. The Morgan fingerprint density at radius 2 is 1.91 bits per heavy atom. The van der Waals surface area contributed by atoms with Gasteiger partial charge in [0.25, 0.3) is 0 Å². The Morgan fingerprint density at radius 1 is 1.23 bits per heavy atom. The summed E-state index contributed by atoms with van der Waals surface area (Å²) in [6.45, 7) is 8.11. The molecule has 0 spiro atoms. The summed E-state index contributed by atoms with van der Waals surface area (Å²) < 4.78 is 5.56. The zero-order valence-electron chi connectivity index (χ0n) is 13.0. The molecule has 1 aliphatic rings. The van der Waals surface area contributed by atoms with Gasteiger partial charge in [0.2, 0.25) is 5.91 Å². The molecule has 1 aromatic carbocycles. The summed E-state index contributed by atoms with van der Waals surface area (Å²) in [5.41, 5.74) is 0. The number of ether oxygens (including phenoxy) is 1. The van der Waals surface area contributed by atoms with Gasteiger partial charge in [-0.25, -0.2) is 0 Å². The van der Waals surface area contributed by atoms with Crippen molar-refractivity contribution in [3.8, 4) is 5.75 Å². The van der Waals surface area contributed by atoms with Gasteiger partial charge < -0.3 is 9.64 Å². The first-order valence-corrected chi connectivity index (χ1v) is 8.33. The van der Waals surface area contributed by atoms with E-state index in [0.29, 0.717) is 34.9 Å². The third-order valence-electron chi connectivity index (χ3n) is 3.89. The van der Waals surface area contributed by atoms with Crippen molar-refractivity contribution in [1.82, 2.24) is 9.80 Å². The molecule has 1 heterocycles. The molecule has 0 radical (unpaired) electrons. The van der Waals surface area contributed by atoms with Crippen LogP contribution in [0.3, 0.4) is 0 Å². The van der Waals surface area contributed by atoms with Crippen molar-refractivity contribution in [3.63, 3.8) is 0 Å². The summed E-state index contributed by atoms with van der Waals surface area (Å²) in [4.78, 5) is 16.5. The van der Waals surface area contributed by atoms with E-state index in [1.165, 1.54) is 0 Å². The number of rotatable bonds is 5. The first-order chi connectivity index (χ1) is 10.5. The summed E-state index contributed by atoms with van der Waals surface area (Å²) in [5, 5.41) is 0.845. The van der Waals surface area contributed by atoms with Crippen LogP contribution in [-0.4, -0.2) is 54.5 Å². The lowest BCUT2D eigenvalue weighted by molar-refractivity contribution is -0.133. The Kier molecular flexibility index (Phi) is 6.36. The van der Waals surface area contributed by atoms with Gasteiger partial charge >= 0.3 is 0 Å². The zero-order chi connectivity index (χ0) is 16.1. The van der Waals surface area contributed by atoms with Crippen LogP contribution in [0.1, 0.15) is 20.3 Å². The Morgan fingerprint density at radius 3 is 2.55 bits per heavy atom. The average Bonchev–Trinajstić information content (AvgIpc) is 2.51. The molecule has 1 aromatic rings. The molecule has 1 fully saturated rings. The van der Waals surface area contributed by atoms with E-state index >= 15 is 0 Å². The van der Waals surface area contributed by atoms with E-state index in [0.717, 1.165) is 26.2 Å². The van der Waals surface area contributed by atoms with Crippen LogP contribution in [0.25, 0.3) is 0 Å². The largest absolute Gasteiger partial charge is 0.491 e. The van der Waals surface area contributed by atoms with Gasteiger partial charge in [-0.1, -0.05) is 29.3 Å². The van der Waals surface area contributed by atoms with E-state index in [4.69, 9.17) is 27.9 Å². The molecule has 0 atom stereocenters. The molecule has 4 nitrogen and oxygen atoms in total. The maximum Gasteiger partial charge on any atom is 0.226 e. The van der Waals surface area contributed by atoms with Crippen molar-refractivity contribution in [2.75, 3.05) is 32.8 Å². The molecule has 1 aliphatic heterocycles. The van der Waals surface area contributed by atoms with E-state index in [-0.39, 0.29) is 5.91 Å². The maximum atomic E-state index is 12.2. The zero-order valence-corrected chi connectivity index (χ0v) is 14.5. The van der Waals surface area contributed by atoms with Crippen LogP contribution < -0.4 is 4.74 Å². The molecule has 1 amide bonds. The minimum Gasteiger partial charge on any atom is -0.491 e. The van der Waals surface area contributed by atoms with Crippen molar-refractivity contribution < 1.29 is 9.53 Å². The standard InChI is InChI=1S/C16H22Cl2N2O2/c1-12(2)19-7-9-20(10-8-19)15(21)6-11-22-14-5-3-4-13(17)16(14)18/h3-5,12H,6-11H2,1-2H3. The molecule has 0 N–H and O–H groups in total. The molecule has 2 rings (SSSR count). The number of amides is 1. The van der Waals surface area contributed by atoms with Gasteiger partial charge in [0.15, 0.2) is 0 Å². The molecular weight excluding hydrogens is 323 g/mol. The number of nitrogens with zero attached hydrogens (tertiary/aromatic N) is 2. The fraction of sp³-hybridized carbons (Fsp3) is 0.562. The third-order valence-corrected chi connectivity index (χ3v) is 4.69. The van der Waals surface area contributed by atoms with Crippen LogP contribution in [0.4, 0.5) is 0 Å². The lowest BCUT2D eigenvalue weighted by atomic mass is 10.2. The first-order valence-electron chi connectivity index (χ1n) is 7.57. The smallest absolute Gasteiger partial charge is 0.226 e. The Bertz CT molecular complexity index is 515. The number of carbonyl (C=O) groups excluding carboxylic acids is 1. The molecule has 0 saturated carbocycles. The predicted octanol–water partition coefficient (Wildman–Crippen LogP) is 3.31. The fourth-order valence-electron chi connectivity index (χ4n) is 2.49. The molecular formula is C16H22Cl2N2O2. The number of hydrogen-bond donors (Lipinski definition) is 0. The molecule has 122 valence electrons. The maximum absolute atomic E-state index is 12.2. The number of piperazine rings is 1. The van der Waals surface area contributed by atoms with Gasteiger partial charge in [0, 0.05) is 32.2 Å². The second-order valence-electron chi connectivity index (χ2n) is 5.66. The average molecular weight is 345 g/mol. The normalized spacial score (nSPS) is 16.1. The Hall–Kier alpha value is -0.970. The number of carbonyl (C=O) groups is 1. The van der Waals surface area contributed by atoms with Crippen molar-refractivity contribution in [3.05, 3.63) is 28.2 Å². The topological polar surface area (TPSA) is 32.8 Å². The SMILES string of the molecule is CC(C)N1CCN(C(=O)CCOc2cccc(Cl)c2Cl)CC1. The van der Waals surface area contributed by atoms with Gasteiger partial charge in [-0.3, -0.25) is 9.69 Å². The lowest BCUT2D eigenvalue weighted by Crippen LogP contribution is -2.50. The summed E-state index contributed by atoms with van der Waals surface area (Å²) >= 11 is 12.0. The minimum absolute atomic E-state index is 0.126. The van der Waals surface area contributed by atoms with Gasteiger partial charge in [-0.05, 0) is 26.0 Å². The highest BCUT2D eigenvalue weighted by molar-refractivity contribution is 6.42. The summed E-state index contributed by atoms with van der Waals surface area (Å²) in [6.07, 6.45) is 0.352. The van der Waals surface area contributed by atoms with Gasteiger partial charge in [0.1, 0.15) is 10.8 Å². The van der Waals surface area contributed by atoms with Gasteiger partial charge in [-0.15, -0.1) is 0 Å². The van der Waals surface area contributed by atoms with Crippen molar-refractivity contribution in [1.29, 1.82) is 0 Å². The third kappa shape index (κ3) is 4.51. The summed E-state index contributed by atoms with van der Waals surface area (Å²) in [6, 6.07) is 5.76. The van der Waals surface area contributed by atoms with E-state index in [1.54, 1.807) is 18.2 Å². The molecule has 22 heavy (non-hydrogen) atoms. The molecule has 0 unspecified atom stereocenters. The van der Waals surface area contributed by atoms with E-state index < -0.39 is 0 Å². The van der Waals surface area contributed by atoms with Crippen LogP contribution in [-0.2, 0) is 4.79 Å². The van der Waals surface area contributed by atoms with Crippen molar-refractivity contribution in [2.45, 2.75) is 26.3 Å². The number of halogens is 2. The van der Waals surface area contributed by atoms with Crippen LogP contribution in [0, 0.1) is 0 Å². The second kappa shape index (κ2) is 8.04. The Labute approximate surface area is 141 Å². The first kappa shape index (κ1) is 17.4. The second-order valence-corrected chi connectivity index (χ2v) is 6.45. The molecule has 0 bridgehead atoms. The monoisotopic (exact) mass is 344 g/mol. The lowest BCUT2D eigenvalue weighted by Gasteiger charge is -2.37. The van der Waals surface area contributed by atoms with Crippen molar-refractivity contribution >= 4 is 29.1 Å². The van der Waals surface area contributed by atoms with E-state index in [9.17, 15) is 4.79 Å². The summed E-state index contributed by atoms with van der Waals surface area (Å²) in [5.74, 6) is 0.646. The van der Waals surface area contributed by atoms with E-state index in [2.05, 4.69) is 18.7 Å². The van der Waals surface area contributed by atoms with Crippen LogP contribution in [0.5, 0.6) is 5.75 Å². The Balaban J connectivity index is 1.76. The highest BCUT2D eigenvalue weighted by atomic mass is 35.5. The number of benzene rings is 1. The minimum atomic E-state index is 0.126. The van der Waals surface area contributed by atoms with Gasteiger partial charge in [0.05, 0.1) is 18.1 Å². The fourth-order valence-corrected chi connectivity index (χ4v) is 2.84. The molecule has 1 saturated heterocycles. The van der Waals surface area contributed by atoms with Crippen molar-refractivity contribution in [2.24, 2.45) is 0 Å². The summed E-state index contributed by atoms with van der Waals surface area (Å²) in [7, 11) is 0. The predicted molar refractivity (Wildman–Crippen MR) is 89.9 cm³/mol. The highest BCUT2D eigenvalue weighted by Gasteiger charge is 2.22. The number of hydrogen-bond acceptors (Lipinski definition) is 3. The van der Waals surface area contributed by atoms with Gasteiger partial charge in [-0.2, -0.15) is 0 Å². The molecule has 6 heteroatoms. The molecule has 0 aliphatic carbocycles.